The lowest BCUT2D eigenvalue weighted by atomic mass is 9.91. The van der Waals surface area contributed by atoms with E-state index < -0.39 is 6.23 Å². The molecular weight excluding hydrogens is 310 g/mol. The molecule has 3 nitrogen and oxygen atoms in total. The third-order valence-electron chi connectivity index (χ3n) is 4.87. The second kappa shape index (κ2) is 14.4. The van der Waals surface area contributed by atoms with Gasteiger partial charge >= 0.3 is 0 Å². The van der Waals surface area contributed by atoms with Crippen LogP contribution in [0.3, 0.4) is 0 Å². The first kappa shape index (κ1) is 24.2. The molecule has 0 aliphatic heterocycles. The minimum Gasteiger partial charge on any atom is -0.374 e. The van der Waals surface area contributed by atoms with E-state index in [0.29, 0.717) is 0 Å². The Morgan fingerprint density at radius 2 is 1.36 bits per heavy atom. The van der Waals surface area contributed by atoms with Gasteiger partial charge in [0.1, 0.15) is 6.23 Å². The highest BCUT2D eigenvalue weighted by atomic mass is 16.3. The summed E-state index contributed by atoms with van der Waals surface area (Å²) in [6.45, 7) is 12.9. The fourth-order valence-corrected chi connectivity index (χ4v) is 3.25. The first-order valence-corrected chi connectivity index (χ1v) is 10.4. The van der Waals surface area contributed by atoms with E-state index in [1.165, 1.54) is 44.9 Å². The molecule has 0 aromatic rings. The van der Waals surface area contributed by atoms with Crippen molar-refractivity contribution in [1.29, 1.82) is 0 Å². The molecular formula is C22H43NO2. The first-order valence-electron chi connectivity index (χ1n) is 10.4. The number of nitrogens with one attached hydrogen (secondary N) is 1. The van der Waals surface area contributed by atoms with Crippen molar-refractivity contribution in [3.05, 3.63) is 11.6 Å². The van der Waals surface area contributed by atoms with Crippen LogP contribution in [0.15, 0.2) is 11.6 Å². The summed E-state index contributed by atoms with van der Waals surface area (Å²) in [4.78, 5) is 11.5. The number of allylic oxidation sites excluding steroid dienone is 1. The van der Waals surface area contributed by atoms with E-state index in [9.17, 15) is 4.79 Å². The average molecular weight is 354 g/mol. The molecule has 2 N–H and O–H groups in total. The highest BCUT2D eigenvalue weighted by molar-refractivity contribution is 5.88. The first-order chi connectivity index (χ1) is 11.7. The molecule has 0 heterocycles. The maximum absolute atomic E-state index is 11.5. The zero-order valence-electron chi connectivity index (χ0n) is 17.6. The molecule has 0 saturated carbocycles. The van der Waals surface area contributed by atoms with Crippen LogP contribution in [0.5, 0.6) is 0 Å². The molecule has 3 unspecified atom stereocenters. The highest BCUT2D eigenvalue weighted by Gasteiger charge is 2.07. The summed E-state index contributed by atoms with van der Waals surface area (Å²) in [5.74, 6) is 2.26. The third-order valence-corrected chi connectivity index (χ3v) is 4.87. The van der Waals surface area contributed by atoms with Gasteiger partial charge in [0.25, 0.3) is 0 Å². The summed E-state index contributed by atoms with van der Waals surface area (Å²) in [5, 5.41) is 11.6. The van der Waals surface area contributed by atoms with Gasteiger partial charge in [-0.1, -0.05) is 78.2 Å². The van der Waals surface area contributed by atoms with E-state index in [-0.39, 0.29) is 5.91 Å². The van der Waals surface area contributed by atoms with Gasteiger partial charge < -0.3 is 10.4 Å². The lowest BCUT2D eigenvalue weighted by Crippen LogP contribution is -2.30. The molecule has 25 heavy (non-hydrogen) atoms. The van der Waals surface area contributed by atoms with Crippen LogP contribution in [0, 0.1) is 17.8 Å². The highest BCUT2D eigenvalue weighted by Crippen LogP contribution is 2.22. The number of carbonyl (C=O) groups excluding carboxylic acids is 1. The minimum atomic E-state index is -0.788. The van der Waals surface area contributed by atoms with Gasteiger partial charge in [0.05, 0.1) is 0 Å². The van der Waals surface area contributed by atoms with Crippen LogP contribution in [-0.2, 0) is 4.79 Å². The minimum absolute atomic E-state index is 0.202. The van der Waals surface area contributed by atoms with Crippen LogP contribution in [0.4, 0.5) is 0 Å². The molecule has 3 atom stereocenters. The number of hydrogen-bond donors (Lipinski definition) is 2. The smallest absolute Gasteiger partial charge is 0.245 e. The van der Waals surface area contributed by atoms with Crippen molar-refractivity contribution in [1.82, 2.24) is 5.32 Å². The van der Waals surface area contributed by atoms with Gasteiger partial charge in [-0.05, 0) is 44.4 Å². The topological polar surface area (TPSA) is 49.3 Å². The van der Waals surface area contributed by atoms with Gasteiger partial charge in [0, 0.05) is 6.08 Å². The molecule has 0 radical (unpaired) electrons. The molecule has 0 saturated heterocycles. The van der Waals surface area contributed by atoms with Gasteiger partial charge in [-0.2, -0.15) is 0 Å². The van der Waals surface area contributed by atoms with Crippen molar-refractivity contribution in [3.63, 3.8) is 0 Å². The number of aliphatic hydroxyl groups excluding tert-OH is 1. The summed E-state index contributed by atoms with van der Waals surface area (Å²) in [6, 6.07) is 0. The van der Waals surface area contributed by atoms with Crippen molar-refractivity contribution >= 4 is 5.91 Å². The summed E-state index contributed by atoms with van der Waals surface area (Å²) in [6.07, 6.45) is 12.3. The Hall–Kier alpha value is -0.830. The Balaban J connectivity index is 3.74. The quantitative estimate of drug-likeness (QED) is 0.305. The fourth-order valence-electron chi connectivity index (χ4n) is 3.25. The zero-order valence-corrected chi connectivity index (χ0v) is 17.6. The molecule has 1 amide bonds. The number of aliphatic hydroxyl groups is 1. The van der Waals surface area contributed by atoms with Crippen LogP contribution < -0.4 is 5.32 Å². The normalized spacial score (nSPS) is 15.9. The van der Waals surface area contributed by atoms with E-state index >= 15 is 0 Å². The number of rotatable bonds is 14. The zero-order chi connectivity index (χ0) is 19.2. The van der Waals surface area contributed by atoms with Gasteiger partial charge in [-0.25, -0.2) is 0 Å². The van der Waals surface area contributed by atoms with Gasteiger partial charge in [0.2, 0.25) is 5.91 Å². The third kappa shape index (κ3) is 16.4. The number of amides is 1. The summed E-state index contributed by atoms with van der Waals surface area (Å²) < 4.78 is 0. The Morgan fingerprint density at radius 1 is 0.880 bits per heavy atom. The second-order valence-electron chi connectivity index (χ2n) is 8.53. The van der Waals surface area contributed by atoms with Crippen molar-refractivity contribution in [2.24, 2.45) is 17.8 Å². The Morgan fingerprint density at radius 3 is 1.84 bits per heavy atom. The molecule has 3 heteroatoms. The van der Waals surface area contributed by atoms with Crippen molar-refractivity contribution in [2.75, 3.05) is 0 Å². The van der Waals surface area contributed by atoms with E-state index in [1.807, 2.05) is 6.92 Å². The molecule has 0 aliphatic carbocycles. The average Bonchev–Trinajstić information content (AvgIpc) is 2.45. The van der Waals surface area contributed by atoms with Gasteiger partial charge in [-0.15, -0.1) is 0 Å². The maximum Gasteiger partial charge on any atom is 0.245 e. The lowest BCUT2D eigenvalue weighted by molar-refractivity contribution is -0.119. The van der Waals surface area contributed by atoms with Crippen molar-refractivity contribution < 1.29 is 9.90 Å². The van der Waals surface area contributed by atoms with Crippen LogP contribution in [0.2, 0.25) is 0 Å². The molecule has 0 fully saturated rings. The Labute approximate surface area is 156 Å². The second-order valence-corrected chi connectivity index (χ2v) is 8.53. The Kier molecular flexibility index (Phi) is 13.9. The number of carbonyl (C=O) groups is 1. The van der Waals surface area contributed by atoms with Crippen molar-refractivity contribution in [3.8, 4) is 0 Å². The van der Waals surface area contributed by atoms with E-state index in [1.54, 1.807) is 13.0 Å². The van der Waals surface area contributed by atoms with Gasteiger partial charge in [-0.3, -0.25) is 4.79 Å². The number of hydrogen-bond acceptors (Lipinski definition) is 2. The van der Waals surface area contributed by atoms with Gasteiger partial charge in [0.15, 0.2) is 0 Å². The monoisotopic (exact) mass is 353 g/mol. The SMILES string of the molecule is CC(=CC(=O)NC(C)O)CCCC(C)CCCC(C)CCCC(C)C. The summed E-state index contributed by atoms with van der Waals surface area (Å²) >= 11 is 0. The molecule has 0 spiro atoms. The fraction of sp³-hybridized carbons (Fsp3) is 0.864. The van der Waals surface area contributed by atoms with Crippen LogP contribution >= 0.6 is 0 Å². The van der Waals surface area contributed by atoms with Crippen LogP contribution in [-0.4, -0.2) is 17.2 Å². The van der Waals surface area contributed by atoms with Crippen molar-refractivity contribution in [2.45, 2.75) is 106 Å². The molecule has 0 rings (SSSR count). The predicted octanol–water partition coefficient (Wildman–Crippen LogP) is 5.83. The Bertz CT molecular complexity index is 374. The van der Waals surface area contributed by atoms with E-state index in [0.717, 1.165) is 36.2 Å². The summed E-state index contributed by atoms with van der Waals surface area (Å²) in [5.41, 5.74) is 1.09. The largest absolute Gasteiger partial charge is 0.374 e. The lowest BCUT2D eigenvalue weighted by Gasteiger charge is -2.15. The molecule has 0 aliphatic rings. The molecule has 0 aromatic carbocycles. The standard InChI is InChI=1S/C22H43NO2/c1-17(2)10-7-11-18(3)12-8-13-19(4)14-9-15-20(5)16-22(25)23-21(6)24/h16-19,21,24H,7-15H2,1-6H3,(H,23,25). The maximum atomic E-state index is 11.5. The van der Waals surface area contributed by atoms with Crippen LogP contribution in [0.1, 0.15) is 99.3 Å². The molecule has 0 aromatic heterocycles. The van der Waals surface area contributed by atoms with E-state index in [2.05, 4.69) is 33.0 Å². The molecule has 148 valence electrons. The molecule has 0 bridgehead atoms. The van der Waals surface area contributed by atoms with E-state index in [4.69, 9.17) is 5.11 Å². The predicted molar refractivity (Wildman–Crippen MR) is 108 cm³/mol. The summed E-state index contributed by atoms with van der Waals surface area (Å²) in [7, 11) is 0. The van der Waals surface area contributed by atoms with Crippen LogP contribution in [0.25, 0.3) is 0 Å².